The lowest BCUT2D eigenvalue weighted by Gasteiger charge is -1.64. The molecule has 0 heterocycles. The molecule has 44 valence electrons. The second-order valence-corrected chi connectivity index (χ2v) is 1.51. The highest BCUT2D eigenvalue weighted by Crippen LogP contribution is 1.75. The monoisotopic (exact) mass is 108 g/mol. The first-order valence-electron chi connectivity index (χ1n) is 3.06. The summed E-state index contributed by atoms with van der Waals surface area (Å²) in [6.07, 6.45) is 6.02. The van der Waals surface area contributed by atoms with E-state index < -0.39 is 0 Å². The minimum atomic E-state index is 1.05. The lowest BCUT2D eigenvalue weighted by Crippen LogP contribution is -1.44. The molecule has 0 atom stereocenters. The van der Waals surface area contributed by atoms with Gasteiger partial charge in [-0.2, -0.15) is 0 Å². The van der Waals surface area contributed by atoms with Gasteiger partial charge in [0.1, 0.15) is 0 Å². The van der Waals surface area contributed by atoms with Gasteiger partial charge in [0.2, 0.25) is 0 Å². The zero-order valence-electron chi connectivity index (χ0n) is 5.57. The standard InChI is InChI=1S/C8H12/c1-3-5-7-8-6-4-2/h5-6H,3-4H2,1-2H3. The topological polar surface area (TPSA) is 0 Å². The maximum Gasteiger partial charge on any atom is -0.0296 e. The van der Waals surface area contributed by atoms with Gasteiger partial charge >= 0.3 is 0 Å². The fourth-order valence-electron chi connectivity index (χ4n) is 0.322. The Labute approximate surface area is 51.2 Å². The third kappa shape index (κ3) is 5.30. The smallest absolute Gasteiger partial charge is 0.0296 e. The molecule has 0 spiro atoms. The van der Waals surface area contributed by atoms with Gasteiger partial charge in [-0.15, -0.1) is 0 Å². The van der Waals surface area contributed by atoms with Crippen molar-refractivity contribution in [1.29, 1.82) is 0 Å². The van der Waals surface area contributed by atoms with Crippen molar-refractivity contribution in [2.75, 3.05) is 0 Å². The van der Waals surface area contributed by atoms with E-state index in [9.17, 15) is 0 Å². The lowest BCUT2D eigenvalue weighted by molar-refractivity contribution is 1.22. The number of hydrogen-bond donors (Lipinski definition) is 0. The Hall–Kier alpha value is -0.700. The van der Waals surface area contributed by atoms with Crippen LogP contribution in [0.2, 0.25) is 0 Å². The highest BCUT2D eigenvalue weighted by Gasteiger charge is 1.56. The highest BCUT2D eigenvalue weighted by molar-refractivity contribution is 4.84. The molecule has 0 aliphatic carbocycles. The van der Waals surface area contributed by atoms with E-state index in [1.165, 1.54) is 0 Å². The van der Waals surface area contributed by atoms with Crippen LogP contribution in [0.3, 0.4) is 0 Å². The Morgan fingerprint density at radius 2 is 1.38 bits per heavy atom. The molecule has 0 saturated carbocycles. The molecule has 0 fully saturated rings. The Kier molecular flexibility index (Phi) is 5.75. The summed E-state index contributed by atoms with van der Waals surface area (Å²) < 4.78 is 0. The molecular weight excluding hydrogens is 96.1 g/mol. The lowest BCUT2D eigenvalue weighted by atomic mass is 10.4. The number of rotatable bonds is 2. The van der Waals surface area contributed by atoms with Crippen LogP contribution in [-0.4, -0.2) is 0 Å². The van der Waals surface area contributed by atoms with Crippen LogP contribution in [0.4, 0.5) is 0 Å². The van der Waals surface area contributed by atoms with E-state index in [0.29, 0.717) is 0 Å². The Morgan fingerprint density at radius 3 is 1.62 bits per heavy atom. The molecule has 0 aliphatic rings. The summed E-state index contributed by atoms with van der Waals surface area (Å²) in [5.41, 5.74) is 5.81. The van der Waals surface area contributed by atoms with Gasteiger partial charge in [0.25, 0.3) is 0 Å². The molecule has 0 amide bonds. The molecule has 0 aliphatic heterocycles. The van der Waals surface area contributed by atoms with Crippen molar-refractivity contribution < 1.29 is 0 Å². The van der Waals surface area contributed by atoms with Crippen LogP contribution in [0.15, 0.2) is 23.6 Å². The van der Waals surface area contributed by atoms with Crippen LogP contribution in [-0.2, 0) is 0 Å². The minimum Gasteiger partial charge on any atom is -0.0750 e. The van der Waals surface area contributed by atoms with Crippen LogP contribution >= 0.6 is 0 Å². The molecule has 0 N–H and O–H groups in total. The fraction of sp³-hybridized carbons (Fsp3) is 0.500. The van der Waals surface area contributed by atoms with E-state index in [4.69, 9.17) is 0 Å². The fourth-order valence-corrected chi connectivity index (χ4v) is 0.322. The van der Waals surface area contributed by atoms with Crippen LogP contribution in [0, 0.1) is 0 Å². The summed E-state index contributed by atoms with van der Waals surface area (Å²) >= 11 is 0. The van der Waals surface area contributed by atoms with E-state index in [0.717, 1.165) is 12.8 Å². The van der Waals surface area contributed by atoms with Gasteiger partial charge in [0.15, 0.2) is 0 Å². The largest absolute Gasteiger partial charge is 0.0750 e. The molecule has 0 rings (SSSR count). The summed E-state index contributed by atoms with van der Waals surface area (Å²) in [6.45, 7) is 4.17. The maximum absolute atomic E-state index is 2.91. The second-order valence-electron chi connectivity index (χ2n) is 1.51. The molecule has 8 heavy (non-hydrogen) atoms. The number of allylic oxidation sites excluding steroid dienone is 2. The van der Waals surface area contributed by atoms with E-state index in [-0.39, 0.29) is 0 Å². The number of hydrogen-bond acceptors (Lipinski definition) is 0. The van der Waals surface area contributed by atoms with Crippen molar-refractivity contribution in [3.05, 3.63) is 23.6 Å². The zero-order valence-corrected chi connectivity index (χ0v) is 5.57. The highest BCUT2D eigenvalue weighted by atomic mass is 13.6. The summed E-state index contributed by atoms with van der Waals surface area (Å²) in [5.74, 6) is 0. The molecule has 0 bridgehead atoms. The van der Waals surface area contributed by atoms with Crippen molar-refractivity contribution in [3.63, 3.8) is 0 Å². The molecule has 0 radical (unpaired) electrons. The van der Waals surface area contributed by atoms with Crippen molar-refractivity contribution >= 4 is 0 Å². The average molecular weight is 108 g/mol. The SMILES string of the molecule is CCC=C=C=CCC. The molecule has 0 saturated heterocycles. The second kappa shape index (κ2) is 6.30. The van der Waals surface area contributed by atoms with Crippen LogP contribution in [0.5, 0.6) is 0 Å². The first-order valence-corrected chi connectivity index (χ1v) is 3.06. The van der Waals surface area contributed by atoms with Gasteiger partial charge < -0.3 is 0 Å². The zero-order chi connectivity index (χ0) is 6.24. The first kappa shape index (κ1) is 7.30. The van der Waals surface area contributed by atoms with Crippen molar-refractivity contribution in [2.24, 2.45) is 0 Å². The van der Waals surface area contributed by atoms with Crippen LogP contribution in [0.1, 0.15) is 26.7 Å². The van der Waals surface area contributed by atoms with Crippen LogP contribution < -0.4 is 0 Å². The third-order valence-electron chi connectivity index (χ3n) is 0.696. The van der Waals surface area contributed by atoms with Gasteiger partial charge in [0.05, 0.1) is 0 Å². The molecule has 0 heteroatoms. The van der Waals surface area contributed by atoms with E-state index in [1.54, 1.807) is 0 Å². The predicted octanol–water partition coefficient (Wildman–Crippen LogP) is 2.67. The quantitative estimate of drug-likeness (QED) is 0.477. The molecule has 0 aromatic rings. The average Bonchev–Trinajstić information content (AvgIpc) is 1.81. The molecule has 0 aromatic heterocycles. The van der Waals surface area contributed by atoms with Gasteiger partial charge in [-0.1, -0.05) is 25.3 Å². The van der Waals surface area contributed by atoms with E-state index in [2.05, 4.69) is 25.3 Å². The van der Waals surface area contributed by atoms with Crippen LogP contribution in [0.25, 0.3) is 0 Å². The summed E-state index contributed by atoms with van der Waals surface area (Å²) in [5, 5.41) is 0. The van der Waals surface area contributed by atoms with Gasteiger partial charge in [-0.3, -0.25) is 0 Å². The molecular formula is C8H12. The van der Waals surface area contributed by atoms with E-state index >= 15 is 0 Å². The molecule has 0 unspecified atom stereocenters. The predicted molar refractivity (Wildman–Crippen MR) is 36.7 cm³/mol. The Morgan fingerprint density at radius 1 is 1.00 bits per heavy atom. The van der Waals surface area contributed by atoms with Gasteiger partial charge in [-0.05, 0) is 25.0 Å². The van der Waals surface area contributed by atoms with E-state index in [1.807, 2.05) is 12.2 Å². The summed E-state index contributed by atoms with van der Waals surface area (Å²) in [7, 11) is 0. The third-order valence-corrected chi connectivity index (χ3v) is 0.696. The normalized spacial score (nSPS) is 6.75. The molecule has 0 aromatic carbocycles. The van der Waals surface area contributed by atoms with Crippen molar-refractivity contribution in [2.45, 2.75) is 26.7 Å². The first-order chi connectivity index (χ1) is 3.91. The van der Waals surface area contributed by atoms with Gasteiger partial charge in [0, 0.05) is 0 Å². The van der Waals surface area contributed by atoms with Crippen molar-refractivity contribution in [3.8, 4) is 0 Å². The minimum absolute atomic E-state index is 1.05. The van der Waals surface area contributed by atoms with Gasteiger partial charge in [-0.25, -0.2) is 0 Å². The molecule has 0 nitrogen and oxygen atoms in total. The maximum atomic E-state index is 2.91. The Balaban J connectivity index is 3.61. The summed E-state index contributed by atoms with van der Waals surface area (Å²) in [4.78, 5) is 0. The Bertz CT molecular complexity index is 103. The summed E-state index contributed by atoms with van der Waals surface area (Å²) in [6, 6.07) is 0. The van der Waals surface area contributed by atoms with Crippen molar-refractivity contribution in [1.82, 2.24) is 0 Å².